The number of benzene rings is 1. The van der Waals surface area contributed by atoms with Gasteiger partial charge in [0.25, 0.3) is 0 Å². The molecular weight excluding hydrogens is 321 g/mol. The first-order valence-corrected chi connectivity index (χ1v) is 8.23. The number of halogens is 1. The number of aromatic nitrogens is 4. The molecule has 0 atom stereocenters. The fourth-order valence-electron chi connectivity index (χ4n) is 2.85. The lowest BCUT2D eigenvalue weighted by atomic mass is 10.3. The van der Waals surface area contributed by atoms with E-state index in [0.717, 1.165) is 11.4 Å². The average molecular weight is 339 g/mol. The van der Waals surface area contributed by atoms with Crippen molar-refractivity contribution in [1.29, 1.82) is 0 Å². The molecule has 1 aliphatic carbocycles. The number of nitrogens with zero attached hydrogens (tertiary/aromatic N) is 4. The van der Waals surface area contributed by atoms with Gasteiger partial charge in [-0.2, -0.15) is 10.2 Å². The van der Waals surface area contributed by atoms with Crippen molar-refractivity contribution in [2.45, 2.75) is 25.2 Å². The molecule has 1 fully saturated rings. The number of anilines is 1. The van der Waals surface area contributed by atoms with Crippen LogP contribution in [-0.2, 0) is 18.3 Å². The van der Waals surface area contributed by atoms with Gasteiger partial charge in [0.2, 0.25) is 5.91 Å². The normalized spacial score (nSPS) is 13.8. The molecule has 128 valence electrons. The van der Waals surface area contributed by atoms with Crippen molar-refractivity contribution in [3.05, 3.63) is 59.8 Å². The van der Waals surface area contributed by atoms with Crippen molar-refractivity contribution in [3.8, 4) is 5.69 Å². The molecule has 2 heterocycles. The van der Waals surface area contributed by atoms with Crippen LogP contribution < -0.4 is 5.32 Å². The zero-order valence-corrected chi connectivity index (χ0v) is 13.8. The van der Waals surface area contributed by atoms with Crippen molar-refractivity contribution < 1.29 is 9.18 Å². The van der Waals surface area contributed by atoms with Gasteiger partial charge in [0.15, 0.2) is 5.82 Å². The topological polar surface area (TPSA) is 64.7 Å². The zero-order valence-electron chi connectivity index (χ0n) is 13.8. The number of rotatable bonds is 5. The van der Waals surface area contributed by atoms with Gasteiger partial charge < -0.3 is 5.32 Å². The molecule has 1 aliphatic rings. The molecule has 6 nitrogen and oxygen atoms in total. The lowest BCUT2D eigenvalue weighted by Crippen LogP contribution is -2.15. The van der Waals surface area contributed by atoms with Gasteiger partial charge in [-0.05, 0) is 43.2 Å². The summed E-state index contributed by atoms with van der Waals surface area (Å²) in [6.07, 6.45) is 4.28. The molecule has 0 unspecified atom stereocenters. The first kappa shape index (κ1) is 15.6. The van der Waals surface area contributed by atoms with E-state index in [-0.39, 0.29) is 18.1 Å². The van der Waals surface area contributed by atoms with E-state index in [1.54, 1.807) is 29.1 Å². The average Bonchev–Trinajstić information content (AvgIpc) is 3.21. The molecule has 0 bridgehead atoms. The Morgan fingerprint density at radius 2 is 2.00 bits per heavy atom. The number of carbonyl (C=O) groups is 1. The standard InChI is InChI=1S/C18H18FN5O/c1-23-16(12-2-3-12)11-17(22-23)20-18(25)10-14-8-9-24(21-14)15-6-4-13(19)5-7-15/h4-9,11-12H,2-3,10H2,1H3,(H,20,22,25). The number of hydrogen-bond donors (Lipinski definition) is 1. The van der Waals surface area contributed by atoms with Crippen LogP contribution >= 0.6 is 0 Å². The van der Waals surface area contributed by atoms with Gasteiger partial charge in [0, 0.05) is 30.9 Å². The summed E-state index contributed by atoms with van der Waals surface area (Å²) in [5.41, 5.74) is 2.54. The maximum absolute atomic E-state index is 13.0. The quantitative estimate of drug-likeness (QED) is 0.777. The second kappa shape index (κ2) is 6.16. The second-order valence-electron chi connectivity index (χ2n) is 6.31. The lowest BCUT2D eigenvalue weighted by Gasteiger charge is -2.01. The zero-order chi connectivity index (χ0) is 17.4. The van der Waals surface area contributed by atoms with Crippen molar-refractivity contribution in [3.63, 3.8) is 0 Å². The van der Waals surface area contributed by atoms with E-state index in [2.05, 4.69) is 15.5 Å². The van der Waals surface area contributed by atoms with Crippen LogP contribution in [-0.4, -0.2) is 25.5 Å². The number of nitrogens with one attached hydrogen (secondary N) is 1. The summed E-state index contributed by atoms with van der Waals surface area (Å²) in [7, 11) is 1.90. The molecular formula is C18H18FN5O. The number of carbonyl (C=O) groups excluding carboxylic acids is 1. The van der Waals surface area contributed by atoms with E-state index >= 15 is 0 Å². The summed E-state index contributed by atoms with van der Waals surface area (Å²) in [5, 5.41) is 11.5. The van der Waals surface area contributed by atoms with Crippen LogP contribution in [0.25, 0.3) is 5.69 Å². The number of hydrogen-bond acceptors (Lipinski definition) is 3. The lowest BCUT2D eigenvalue weighted by molar-refractivity contribution is -0.115. The highest BCUT2D eigenvalue weighted by molar-refractivity contribution is 5.91. The Kier molecular flexibility index (Phi) is 3.83. The fourth-order valence-corrected chi connectivity index (χ4v) is 2.85. The molecule has 2 aromatic heterocycles. The first-order chi connectivity index (χ1) is 12.1. The highest BCUT2D eigenvalue weighted by Gasteiger charge is 2.27. The van der Waals surface area contributed by atoms with Gasteiger partial charge in [-0.25, -0.2) is 9.07 Å². The Labute approximate surface area is 144 Å². The van der Waals surface area contributed by atoms with E-state index in [4.69, 9.17) is 0 Å². The minimum absolute atomic E-state index is 0.156. The highest BCUT2D eigenvalue weighted by Crippen LogP contribution is 2.40. The minimum atomic E-state index is -0.295. The molecule has 25 heavy (non-hydrogen) atoms. The summed E-state index contributed by atoms with van der Waals surface area (Å²) in [4.78, 5) is 12.2. The van der Waals surface area contributed by atoms with E-state index in [1.807, 2.05) is 17.8 Å². The SMILES string of the molecule is Cn1nc(NC(=O)Cc2ccn(-c3ccc(F)cc3)n2)cc1C1CC1. The monoisotopic (exact) mass is 339 g/mol. The Balaban J connectivity index is 1.41. The van der Waals surface area contributed by atoms with Crippen LogP contribution in [0.2, 0.25) is 0 Å². The number of amides is 1. The fraction of sp³-hybridized carbons (Fsp3) is 0.278. The molecule has 1 saturated carbocycles. The Bertz CT molecular complexity index is 908. The van der Waals surface area contributed by atoms with Crippen LogP contribution in [0.1, 0.15) is 30.1 Å². The molecule has 1 amide bonds. The van der Waals surface area contributed by atoms with Crippen molar-refractivity contribution in [1.82, 2.24) is 19.6 Å². The number of aryl methyl sites for hydroxylation is 1. The van der Waals surface area contributed by atoms with Gasteiger partial charge >= 0.3 is 0 Å². The van der Waals surface area contributed by atoms with Crippen LogP contribution in [0.5, 0.6) is 0 Å². The van der Waals surface area contributed by atoms with E-state index in [0.29, 0.717) is 17.4 Å². The van der Waals surface area contributed by atoms with Crippen LogP contribution in [0.3, 0.4) is 0 Å². The first-order valence-electron chi connectivity index (χ1n) is 8.23. The molecule has 0 radical (unpaired) electrons. The van der Waals surface area contributed by atoms with Crippen LogP contribution in [0.4, 0.5) is 10.2 Å². The maximum atomic E-state index is 13.0. The van der Waals surface area contributed by atoms with E-state index in [1.165, 1.54) is 25.0 Å². The maximum Gasteiger partial charge on any atom is 0.231 e. The Morgan fingerprint density at radius 3 is 2.72 bits per heavy atom. The summed E-state index contributed by atoms with van der Waals surface area (Å²) < 4.78 is 16.4. The van der Waals surface area contributed by atoms with Gasteiger partial charge in [0.1, 0.15) is 5.82 Å². The predicted octanol–water partition coefficient (Wildman–Crippen LogP) is 2.80. The molecule has 0 saturated heterocycles. The van der Waals surface area contributed by atoms with Crippen LogP contribution in [0, 0.1) is 5.82 Å². The Morgan fingerprint density at radius 1 is 1.24 bits per heavy atom. The molecule has 1 aromatic carbocycles. The van der Waals surface area contributed by atoms with E-state index in [9.17, 15) is 9.18 Å². The molecule has 4 rings (SSSR count). The van der Waals surface area contributed by atoms with Crippen molar-refractivity contribution >= 4 is 11.7 Å². The third-order valence-electron chi connectivity index (χ3n) is 4.26. The van der Waals surface area contributed by atoms with Gasteiger partial charge in [-0.3, -0.25) is 9.48 Å². The minimum Gasteiger partial charge on any atom is -0.309 e. The largest absolute Gasteiger partial charge is 0.309 e. The van der Waals surface area contributed by atoms with Gasteiger partial charge in [0.05, 0.1) is 17.8 Å². The van der Waals surface area contributed by atoms with Gasteiger partial charge in [-0.15, -0.1) is 0 Å². The molecule has 0 spiro atoms. The van der Waals surface area contributed by atoms with E-state index < -0.39 is 0 Å². The third-order valence-corrected chi connectivity index (χ3v) is 4.26. The third kappa shape index (κ3) is 3.45. The summed E-state index contributed by atoms with van der Waals surface area (Å²) >= 11 is 0. The molecule has 1 N–H and O–H groups in total. The second-order valence-corrected chi connectivity index (χ2v) is 6.31. The van der Waals surface area contributed by atoms with Crippen molar-refractivity contribution in [2.24, 2.45) is 7.05 Å². The predicted molar refractivity (Wildman–Crippen MR) is 91.0 cm³/mol. The summed E-state index contributed by atoms with van der Waals surface area (Å²) in [6.45, 7) is 0. The molecule has 3 aromatic rings. The summed E-state index contributed by atoms with van der Waals surface area (Å²) in [5.74, 6) is 0.697. The van der Waals surface area contributed by atoms with Crippen LogP contribution in [0.15, 0.2) is 42.6 Å². The molecule has 7 heteroatoms. The summed E-state index contributed by atoms with van der Waals surface area (Å²) in [6, 6.07) is 9.74. The molecule has 0 aliphatic heterocycles. The Hall–Kier alpha value is -2.96. The smallest absolute Gasteiger partial charge is 0.231 e. The van der Waals surface area contributed by atoms with Crippen molar-refractivity contribution in [2.75, 3.05) is 5.32 Å². The van der Waals surface area contributed by atoms with Gasteiger partial charge in [-0.1, -0.05) is 0 Å². The highest BCUT2D eigenvalue weighted by atomic mass is 19.1.